The fourth-order valence-electron chi connectivity index (χ4n) is 2.99. The molecule has 0 N–H and O–H groups in total. The minimum atomic E-state index is 0.195. The first-order valence-electron chi connectivity index (χ1n) is 8.13. The van der Waals surface area contributed by atoms with Gasteiger partial charge in [0, 0.05) is 31.8 Å². The van der Waals surface area contributed by atoms with Crippen LogP contribution in [0.1, 0.15) is 24.8 Å². The number of methoxy groups -OCH3 is 1. The minimum Gasteiger partial charge on any atom is -0.384 e. The monoisotopic (exact) mass is 310 g/mol. The average Bonchev–Trinajstić information content (AvgIpc) is 2.61. The molecule has 0 atom stereocenters. The van der Waals surface area contributed by atoms with Crippen molar-refractivity contribution in [1.29, 1.82) is 0 Å². The normalized spacial score (nSPS) is 15.0. The molecule has 1 fully saturated rings. The summed E-state index contributed by atoms with van der Waals surface area (Å²) in [4.78, 5) is 18.7. The molecule has 120 valence electrons. The number of carbonyl (C=O) groups excluding carboxylic acids is 1. The van der Waals surface area contributed by atoms with Crippen LogP contribution in [0, 0.1) is 0 Å². The number of amides is 1. The van der Waals surface area contributed by atoms with E-state index >= 15 is 0 Å². The first-order valence-corrected chi connectivity index (χ1v) is 8.13. The Balaban J connectivity index is 1.95. The van der Waals surface area contributed by atoms with Gasteiger partial charge in [-0.15, -0.1) is 0 Å². The van der Waals surface area contributed by atoms with Crippen LogP contribution in [-0.2, 0) is 16.0 Å². The lowest BCUT2D eigenvalue weighted by molar-refractivity contribution is -0.119. The van der Waals surface area contributed by atoms with Crippen molar-refractivity contribution in [2.75, 3.05) is 25.2 Å². The lowest BCUT2D eigenvalue weighted by Gasteiger charge is -2.28. The Morgan fingerprint density at radius 1 is 1.22 bits per heavy atom. The van der Waals surface area contributed by atoms with E-state index in [9.17, 15) is 4.79 Å². The third-order valence-electron chi connectivity index (χ3n) is 4.20. The minimum absolute atomic E-state index is 0.195. The van der Waals surface area contributed by atoms with Crippen LogP contribution in [0.3, 0.4) is 0 Å². The fraction of sp³-hybridized carbons (Fsp3) is 0.368. The first kappa shape index (κ1) is 15.7. The summed E-state index contributed by atoms with van der Waals surface area (Å²) in [5, 5.41) is 0. The highest BCUT2D eigenvalue weighted by atomic mass is 16.5. The standard InChI is InChI=1S/C19H22N2O2/c1-23-13-10-15-6-4-7-16(14-15)19-17(8-5-11-20-19)21-12-3-2-9-18(21)22/h4-8,11,14H,2-3,9-10,12-13H2,1H3. The molecule has 2 aromatic rings. The van der Waals surface area contributed by atoms with E-state index in [0.717, 1.165) is 42.8 Å². The number of piperidine rings is 1. The summed E-state index contributed by atoms with van der Waals surface area (Å²) in [6.07, 6.45) is 5.32. The van der Waals surface area contributed by atoms with Gasteiger partial charge >= 0.3 is 0 Å². The predicted molar refractivity (Wildman–Crippen MR) is 91.5 cm³/mol. The molecule has 0 bridgehead atoms. The third kappa shape index (κ3) is 3.59. The van der Waals surface area contributed by atoms with Gasteiger partial charge in [-0.2, -0.15) is 0 Å². The number of pyridine rings is 1. The van der Waals surface area contributed by atoms with Crippen molar-refractivity contribution < 1.29 is 9.53 Å². The maximum absolute atomic E-state index is 12.3. The molecule has 1 amide bonds. The SMILES string of the molecule is COCCc1cccc(-c2ncccc2N2CCCCC2=O)c1. The highest BCUT2D eigenvalue weighted by molar-refractivity contribution is 5.97. The summed E-state index contributed by atoms with van der Waals surface area (Å²) >= 11 is 0. The molecule has 4 nitrogen and oxygen atoms in total. The Hall–Kier alpha value is -2.20. The fourth-order valence-corrected chi connectivity index (χ4v) is 2.99. The van der Waals surface area contributed by atoms with Crippen molar-refractivity contribution in [3.05, 3.63) is 48.2 Å². The molecular formula is C19H22N2O2. The largest absolute Gasteiger partial charge is 0.384 e. The van der Waals surface area contributed by atoms with Gasteiger partial charge in [-0.25, -0.2) is 0 Å². The molecule has 1 saturated heterocycles. The van der Waals surface area contributed by atoms with Gasteiger partial charge in [0.1, 0.15) is 0 Å². The Kier molecular flexibility index (Phi) is 5.03. The molecule has 3 rings (SSSR count). The summed E-state index contributed by atoms with van der Waals surface area (Å²) < 4.78 is 5.16. The van der Waals surface area contributed by atoms with Gasteiger partial charge < -0.3 is 9.64 Å². The van der Waals surface area contributed by atoms with Crippen molar-refractivity contribution >= 4 is 11.6 Å². The lowest BCUT2D eigenvalue weighted by atomic mass is 10.0. The van der Waals surface area contributed by atoms with Gasteiger partial charge in [0.05, 0.1) is 18.0 Å². The lowest BCUT2D eigenvalue weighted by Crippen LogP contribution is -2.35. The summed E-state index contributed by atoms with van der Waals surface area (Å²) in [6, 6.07) is 12.2. The second-order valence-corrected chi connectivity index (χ2v) is 5.82. The molecule has 0 aliphatic carbocycles. The van der Waals surface area contributed by atoms with Gasteiger partial charge in [0.25, 0.3) is 0 Å². The summed E-state index contributed by atoms with van der Waals surface area (Å²) in [6.45, 7) is 1.48. The number of aromatic nitrogens is 1. The molecule has 0 spiro atoms. The Bertz CT molecular complexity index is 685. The topological polar surface area (TPSA) is 42.4 Å². The highest BCUT2D eigenvalue weighted by Crippen LogP contribution is 2.31. The molecule has 0 unspecified atom stereocenters. The van der Waals surface area contributed by atoms with E-state index in [0.29, 0.717) is 13.0 Å². The van der Waals surface area contributed by atoms with E-state index in [1.54, 1.807) is 13.3 Å². The Labute approximate surface area is 137 Å². The summed E-state index contributed by atoms with van der Waals surface area (Å²) in [5.74, 6) is 0.195. The number of hydrogen-bond acceptors (Lipinski definition) is 3. The van der Waals surface area contributed by atoms with E-state index in [1.165, 1.54) is 5.56 Å². The molecule has 1 aliphatic rings. The van der Waals surface area contributed by atoms with E-state index in [1.807, 2.05) is 23.1 Å². The molecule has 0 saturated carbocycles. The summed E-state index contributed by atoms with van der Waals surface area (Å²) in [5.41, 5.74) is 4.06. The predicted octanol–water partition coefficient (Wildman–Crippen LogP) is 3.45. The number of benzene rings is 1. The van der Waals surface area contributed by atoms with Crippen molar-refractivity contribution in [2.45, 2.75) is 25.7 Å². The second kappa shape index (κ2) is 7.38. The molecule has 23 heavy (non-hydrogen) atoms. The highest BCUT2D eigenvalue weighted by Gasteiger charge is 2.22. The van der Waals surface area contributed by atoms with Crippen LogP contribution < -0.4 is 4.90 Å². The van der Waals surface area contributed by atoms with Gasteiger partial charge in [0.15, 0.2) is 0 Å². The van der Waals surface area contributed by atoms with Gasteiger partial charge in [-0.05, 0) is 43.0 Å². The molecule has 0 radical (unpaired) electrons. The summed E-state index contributed by atoms with van der Waals surface area (Å²) in [7, 11) is 1.71. The maximum atomic E-state index is 12.3. The molecule has 1 aromatic heterocycles. The van der Waals surface area contributed by atoms with E-state index in [-0.39, 0.29) is 5.91 Å². The van der Waals surface area contributed by atoms with Crippen LogP contribution in [-0.4, -0.2) is 31.2 Å². The molecule has 2 heterocycles. The molecular weight excluding hydrogens is 288 g/mol. The van der Waals surface area contributed by atoms with Crippen LogP contribution >= 0.6 is 0 Å². The second-order valence-electron chi connectivity index (χ2n) is 5.82. The molecule has 1 aliphatic heterocycles. The quantitative estimate of drug-likeness (QED) is 0.849. The zero-order chi connectivity index (χ0) is 16.1. The maximum Gasteiger partial charge on any atom is 0.227 e. The number of anilines is 1. The Morgan fingerprint density at radius 2 is 2.13 bits per heavy atom. The van der Waals surface area contributed by atoms with Crippen molar-refractivity contribution in [3.8, 4) is 11.3 Å². The van der Waals surface area contributed by atoms with Crippen molar-refractivity contribution in [1.82, 2.24) is 4.98 Å². The van der Waals surface area contributed by atoms with Gasteiger partial charge in [-0.1, -0.05) is 18.2 Å². The van der Waals surface area contributed by atoms with Gasteiger partial charge in [0.2, 0.25) is 5.91 Å². The van der Waals surface area contributed by atoms with Crippen molar-refractivity contribution in [3.63, 3.8) is 0 Å². The Morgan fingerprint density at radius 3 is 2.96 bits per heavy atom. The number of carbonyl (C=O) groups is 1. The van der Waals surface area contributed by atoms with E-state index in [4.69, 9.17) is 4.74 Å². The number of nitrogens with zero attached hydrogens (tertiary/aromatic N) is 2. The van der Waals surface area contributed by atoms with E-state index in [2.05, 4.69) is 23.2 Å². The van der Waals surface area contributed by atoms with Crippen LogP contribution in [0.25, 0.3) is 11.3 Å². The number of rotatable bonds is 5. The van der Waals surface area contributed by atoms with Crippen molar-refractivity contribution in [2.24, 2.45) is 0 Å². The third-order valence-corrected chi connectivity index (χ3v) is 4.20. The average molecular weight is 310 g/mol. The van der Waals surface area contributed by atoms with Crippen LogP contribution in [0.2, 0.25) is 0 Å². The zero-order valence-corrected chi connectivity index (χ0v) is 13.5. The van der Waals surface area contributed by atoms with Gasteiger partial charge in [-0.3, -0.25) is 9.78 Å². The van der Waals surface area contributed by atoms with Crippen LogP contribution in [0.15, 0.2) is 42.6 Å². The zero-order valence-electron chi connectivity index (χ0n) is 13.5. The smallest absolute Gasteiger partial charge is 0.227 e. The number of ether oxygens (including phenoxy) is 1. The van der Waals surface area contributed by atoms with Crippen LogP contribution in [0.4, 0.5) is 5.69 Å². The molecule has 1 aromatic carbocycles. The van der Waals surface area contributed by atoms with Crippen LogP contribution in [0.5, 0.6) is 0 Å². The number of hydrogen-bond donors (Lipinski definition) is 0. The van der Waals surface area contributed by atoms with E-state index < -0.39 is 0 Å². The molecule has 4 heteroatoms. The first-order chi connectivity index (χ1) is 11.3.